The van der Waals surface area contributed by atoms with Crippen molar-refractivity contribution < 1.29 is 4.39 Å². The van der Waals surface area contributed by atoms with Gasteiger partial charge in [0.25, 0.3) is 0 Å². The van der Waals surface area contributed by atoms with Crippen LogP contribution in [0.1, 0.15) is 22.0 Å². The van der Waals surface area contributed by atoms with Crippen LogP contribution >= 0.6 is 11.3 Å². The second-order valence-electron chi connectivity index (χ2n) is 5.27. The van der Waals surface area contributed by atoms with Crippen molar-refractivity contribution in [1.82, 2.24) is 10.2 Å². The van der Waals surface area contributed by atoms with E-state index in [4.69, 9.17) is 0 Å². The molecular weight excluding hydrogens is 271 g/mol. The van der Waals surface area contributed by atoms with E-state index in [1.165, 1.54) is 16.5 Å². The third-order valence-corrected chi connectivity index (χ3v) is 4.80. The molecule has 1 aliphatic rings. The van der Waals surface area contributed by atoms with E-state index >= 15 is 0 Å². The van der Waals surface area contributed by atoms with Crippen molar-refractivity contribution in [3.05, 3.63) is 57.5 Å². The molecule has 0 aliphatic carbocycles. The summed E-state index contributed by atoms with van der Waals surface area (Å²) in [5, 5.41) is 5.55. The molecule has 0 radical (unpaired) electrons. The summed E-state index contributed by atoms with van der Waals surface area (Å²) < 4.78 is 13.6. The lowest BCUT2D eigenvalue weighted by atomic mass is 10.0. The first-order valence-electron chi connectivity index (χ1n) is 6.99. The zero-order valence-corrected chi connectivity index (χ0v) is 12.4. The fraction of sp³-hybridized carbons (Fsp3) is 0.375. The van der Waals surface area contributed by atoms with Crippen molar-refractivity contribution in [3.8, 4) is 0 Å². The van der Waals surface area contributed by atoms with E-state index in [2.05, 4.69) is 28.6 Å². The molecule has 0 saturated carbocycles. The van der Waals surface area contributed by atoms with Gasteiger partial charge < -0.3 is 5.32 Å². The number of benzene rings is 1. The first-order chi connectivity index (χ1) is 9.74. The SMILES string of the molecule is Cc1csc(C(c2cccc(F)c2)N2CCNCC2)c1. The maximum absolute atomic E-state index is 13.6. The van der Waals surface area contributed by atoms with Gasteiger partial charge in [0.2, 0.25) is 0 Å². The Labute approximate surface area is 123 Å². The zero-order chi connectivity index (χ0) is 13.9. The van der Waals surface area contributed by atoms with Gasteiger partial charge in [0, 0.05) is 31.1 Å². The molecule has 1 aromatic carbocycles. The van der Waals surface area contributed by atoms with Crippen LogP contribution in [0.5, 0.6) is 0 Å². The maximum atomic E-state index is 13.6. The van der Waals surface area contributed by atoms with Crippen molar-refractivity contribution in [2.75, 3.05) is 26.2 Å². The van der Waals surface area contributed by atoms with Crippen molar-refractivity contribution in [2.24, 2.45) is 0 Å². The standard InChI is InChI=1S/C16H19FN2S/c1-12-9-15(20-11-12)16(19-7-5-18-6-8-19)13-3-2-4-14(17)10-13/h2-4,9-11,16,18H,5-8H2,1H3. The lowest BCUT2D eigenvalue weighted by Gasteiger charge is -2.34. The van der Waals surface area contributed by atoms with Crippen LogP contribution in [0.2, 0.25) is 0 Å². The fourth-order valence-electron chi connectivity index (χ4n) is 2.77. The Bertz CT molecular complexity index is 575. The van der Waals surface area contributed by atoms with Gasteiger partial charge in [0.05, 0.1) is 6.04 Å². The summed E-state index contributed by atoms with van der Waals surface area (Å²) >= 11 is 1.77. The number of aryl methyl sites for hydroxylation is 1. The van der Waals surface area contributed by atoms with Crippen molar-refractivity contribution in [2.45, 2.75) is 13.0 Å². The molecule has 0 bridgehead atoms. The monoisotopic (exact) mass is 290 g/mol. The Balaban J connectivity index is 1.98. The number of hydrogen-bond acceptors (Lipinski definition) is 3. The summed E-state index contributed by atoms with van der Waals surface area (Å²) in [7, 11) is 0. The highest BCUT2D eigenvalue weighted by molar-refractivity contribution is 7.10. The van der Waals surface area contributed by atoms with Crippen LogP contribution in [0.15, 0.2) is 35.7 Å². The van der Waals surface area contributed by atoms with E-state index < -0.39 is 0 Å². The minimum Gasteiger partial charge on any atom is -0.314 e. The summed E-state index contributed by atoms with van der Waals surface area (Å²) in [6, 6.07) is 9.42. The average Bonchev–Trinajstić information content (AvgIpc) is 2.87. The largest absolute Gasteiger partial charge is 0.314 e. The van der Waals surface area contributed by atoms with E-state index in [0.717, 1.165) is 31.7 Å². The average molecular weight is 290 g/mol. The lowest BCUT2D eigenvalue weighted by molar-refractivity contribution is 0.200. The van der Waals surface area contributed by atoms with E-state index in [9.17, 15) is 4.39 Å². The van der Waals surface area contributed by atoms with Crippen LogP contribution in [0, 0.1) is 12.7 Å². The molecule has 0 amide bonds. The Morgan fingerprint density at radius 2 is 2.05 bits per heavy atom. The second-order valence-corrected chi connectivity index (χ2v) is 6.21. The molecule has 1 fully saturated rings. The predicted octanol–water partition coefficient (Wildman–Crippen LogP) is 3.19. The summed E-state index contributed by atoms with van der Waals surface area (Å²) in [6.45, 7) is 6.10. The molecule has 0 spiro atoms. The quantitative estimate of drug-likeness (QED) is 0.934. The molecular formula is C16H19FN2S. The number of rotatable bonds is 3. The Morgan fingerprint density at radius 1 is 1.25 bits per heavy atom. The Hall–Kier alpha value is -1.23. The Kier molecular flexibility index (Phi) is 4.15. The molecule has 1 saturated heterocycles. The molecule has 3 rings (SSSR count). The van der Waals surface area contributed by atoms with Gasteiger partial charge in [-0.15, -0.1) is 11.3 Å². The molecule has 20 heavy (non-hydrogen) atoms. The normalized spacial score (nSPS) is 18.1. The molecule has 2 heterocycles. The fourth-order valence-corrected chi connectivity index (χ4v) is 3.83. The van der Waals surface area contributed by atoms with Crippen LogP contribution < -0.4 is 5.32 Å². The molecule has 4 heteroatoms. The molecule has 2 nitrogen and oxygen atoms in total. The van der Waals surface area contributed by atoms with E-state index in [-0.39, 0.29) is 11.9 Å². The highest BCUT2D eigenvalue weighted by atomic mass is 32.1. The van der Waals surface area contributed by atoms with Gasteiger partial charge in [-0.05, 0) is 41.6 Å². The van der Waals surface area contributed by atoms with Crippen LogP contribution in [0.4, 0.5) is 4.39 Å². The lowest BCUT2D eigenvalue weighted by Crippen LogP contribution is -2.45. The van der Waals surface area contributed by atoms with Crippen LogP contribution in [0.3, 0.4) is 0 Å². The molecule has 2 aromatic rings. The predicted molar refractivity (Wildman–Crippen MR) is 81.7 cm³/mol. The number of nitrogens with one attached hydrogen (secondary N) is 1. The smallest absolute Gasteiger partial charge is 0.123 e. The highest BCUT2D eigenvalue weighted by Gasteiger charge is 2.25. The van der Waals surface area contributed by atoms with Gasteiger partial charge in [-0.25, -0.2) is 4.39 Å². The molecule has 1 aromatic heterocycles. The Morgan fingerprint density at radius 3 is 2.70 bits per heavy atom. The third kappa shape index (κ3) is 2.92. The summed E-state index contributed by atoms with van der Waals surface area (Å²) in [4.78, 5) is 3.74. The third-order valence-electron chi connectivity index (χ3n) is 3.70. The van der Waals surface area contributed by atoms with E-state index in [0.29, 0.717) is 0 Å². The molecule has 1 N–H and O–H groups in total. The number of nitrogens with zero attached hydrogens (tertiary/aromatic N) is 1. The van der Waals surface area contributed by atoms with Crippen molar-refractivity contribution in [1.29, 1.82) is 0 Å². The first-order valence-corrected chi connectivity index (χ1v) is 7.87. The minimum atomic E-state index is -0.157. The highest BCUT2D eigenvalue weighted by Crippen LogP contribution is 2.33. The molecule has 1 unspecified atom stereocenters. The van der Waals surface area contributed by atoms with E-state index in [1.807, 2.05) is 6.07 Å². The number of hydrogen-bond donors (Lipinski definition) is 1. The summed E-state index contributed by atoms with van der Waals surface area (Å²) in [5.41, 5.74) is 2.33. The summed E-state index contributed by atoms with van der Waals surface area (Å²) in [6.07, 6.45) is 0. The minimum absolute atomic E-state index is 0.157. The second kappa shape index (κ2) is 6.04. The zero-order valence-electron chi connectivity index (χ0n) is 11.6. The van der Waals surface area contributed by atoms with Crippen molar-refractivity contribution in [3.63, 3.8) is 0 Å². The number of piperazine rings is 1. The summed E-state index contributed by atoms with van der Waals surface area (Å²) in [5.74, 6) is -0.157. The van der Waals surface area contributed by atoms with Crippen molar-refractivity contribution >= 4 is 11.3 Å². The maximum Gasteiger partial charge on any atom is 0.123 e. The van der Waals surface area contributed by atoms with Gasteiger partial charge >= 0.3 is 0 Å². The van der Waals surface area contributed by atoms with E-state index in [1.54, 1.807) is 23.5 Å². The van der Waals surface area contributed by atoms with Gasteiger partial charge in [-0.3, -0.25) is 4.90 Å². The van der Waals surface area contributed by atoms with Crippen LogP contribution in [-0.4, -0.2) is 31.1 Å². The number of halogens is 1. The van der Waals surface area contributed by atoms with Crippen LogP contribution in [0.25, 0.3) is 0 Å². The molecule has 106 valence electrons. The van der Waals surface area contributed by atoms with Gasteiger partial charge in [-0.2, -0.15) is 0 Å². The topological polar surface area (TPSA) is 15.3 Å². The van der Waals surface area contributed by atoms with Crippen LogP contribution in [-0.2, 0) is 0 Å². The molecule has 1 aliphatic heterocycles. The molecule has 1 atom stereocenters. The van der Waals surface area contributed by atoms with Gasteiger partial charge in [-0.1, -0.05) is 12.1 Å². The number of thiophene rings is 1. The van der Waals surface area contributed by atoms with Gasteiger partial charge in [0.1, 0.15) is 5.82 Å². The first kappa shape index (κ1) is 13.7. The van der Waals surface area contributed by atoms with Gasteiger partial charge in [0.15, 0.2) is 0 Å².